The van der Waals surface area contributed by atoms with Gasteiger partial charge in [-0.2, -0.15) is 5.10 Å². The van der Waals surface area contributed by atoms with E-state index in [9.17, 15) is 33.0 Å². The predicted molar refractivity (Wildman–Crippen MR) is 179 cm³/mol. The van der Waals surface area contributed by atoms with Gasteiger partial charge in [0.2, 0.25) is 0 Å². The fourth-order valence-electron chi connectivity index (χ4n) is 5.74. The van der Waals surface area contributed by atoms with Gasteiger partial charge in [0.1, 0.15) is 5.69 Å². The van der Waals surface area contributed by atoms with E-state index in [1.54, 1.807) is 65.3 Å². The Morgan fingerprint density at radius 3 is 2.25 bits per heavy atom. The van der Waals surface area contributed by atoms with Gasteiger partial charge in [-0.15, -0.1) is 0 Å². The van der Waals surface area contributed by atoms with E-state index in [1.807, 2.05) is 25.1 Å². The van der Waals surface area contributed by atoms with Gasteiger partial charge in [0.05, 0.1) is 17.5 Å². The number of aliphatic carboxylic acids is 1. The SMILES string of the molecule is CCCc1cc(C(=O)NC(Cc2ccccc2)C(O)C(=O)O)nn1Cc1ccc(-c2ccccc2S(=O)(=O)NC(=O)N2CCCC2)cc1. The molecule has 0 spiro atoms. The van der Waals surface area contributed by atoms with E-state index in [1.165, 1.54) is 11.0 Å². The molecule has 1 aliphatic rings. The minimum Gasteiger partial charge on any atom is -0.479 e. The summed E-state index contributed by atoms with van der Waals surface area (Å²) < 4.78 is 30.4. The third kappa shape index (κ3) is 8.28. The summed E-state index contributed by atoms with van der Waals surface area (Å²) in [6, 6.07) is 22.7. The first-order valence-electron chi connectivity index (χ1n) is 15.9. The second-order valence-corrected chi connectivity index (χ2v) is 13.4. The Morgan fingerprint density at radius 2 is 1.58 bits per heavy atom. The van der Waals surface area contributed by atoms with E-state index in [0.717, 1.165) is 36.1 Å². The first-order valence-corrected chi connectivity index (χ1v) is 17.4. The molecule has 0 aliphatic carbocycles. The second kappa shape index (κ2) is 15.3. The van der Waals surface area contributed by atoms with E-state index < -0.39 is 40.1 Å². The second-order valence-electron chi connectivity index (χ2n) is 11.8. The molecule has 1 aromatic heterocycles. The van der Waals surface area contributed by atoms with Crippen molar-refractivity contribution in [3.63, 3.8) is 0 Å². The summed E-state index contributed by atoms with van der Waals surface area (Å²) in [4.78, 5) is 38.9. The topological polar surface area (TPSA) is 171 Å². The van der Waals surface area contributed by atoms with Gasteiger partial charge in [-0.1, -0.05) is 86.1 Å². The molecule has 0 radical (unpaired) electrons. The van der Waals surface area contributed by atoms with Crippen molar-refractivity contribution >= 4 is 27.9 Å². The number of hydrogen-bond acceptors (Lipinski definition) is 7. The number of hydrogen-bond donors (Lipinski definition) is 4. The number of aliphatic hydroxyl groups is 1. The molecule has 0 saturated carbocycles. The van der Waals surface area contributed by atoms with Crippen LogP contribution in [0.25, 0.3) is 11.1 Å². The van der Waals surface area contributed by atoms with Gasteiger partial charge in [-0.25, -0.2) is 22.7 Å². The molecule has 4 aromatic rings. The van der Waals surface area contributed by atoms with Crippen LogP contribution in [0.4, 0.5) is 4.79 Å². The predicted octanol–water partition coefficient (Wildman–Crippen LogP) is 3.83. The molecule has 12 nitrogen and oxygen atoms in total. The summed E-state index contributed by atoms with van der Waals surface area (Å²) in [6.07, 6.45) is 1.42. The van der Waals surface area contributed by atoms with Crippen molar-refractivity contribution in [2.45, 2.75) is 62.6 Å². The van der Waals surface area contributed by atoms with Crippen molar-refractivity contribution in [2.24, 2.45) is 0 Å². The van der Waals surface area contributed by atoms with Crippen LogP contribution in [-0.2, 0) is 34.2 Å². The van der Waals surface area contributed by atoms with Crippen molar-refractivity contribution < 1.29 is 33.0 Å². The van der Waals surface area contributed by atoms with Gasteiger partial charge in [-0.3, -0.25) is 9.48 Å². The highest BCUT2D eigenvalue weighted by molar-refractivity contribution is 7.90. The summed E-state index contributed by atoms with van der Waals surface area (Å²) in [5.74, 6) is -2.04. The Morgan fingerprint density at radius 1 is 0.917 bits per heavy atom. The van der Waals surface area contributed by atoms with Crippen LogP contribution < -0.4 is 10.0 Å². The molecule has 13 heteroatoms. The molecule has 1 saturated heterocycles. The van der Waals surface area contributed by atoms with E-state index in [2.05, 4.69) is 15.1 Å². The van der Waals surface area contributed by atoms with Crippen molar-refractivity contribution in [1.29, 1.82) is 0 Å². The Bertz CT molecular complexity index is 1850. The van der Waals surface area contributed by atoms with E-state index in [-0.39, 0.29) is 17.0 Å². The number of aliphatic hydroxyl groups excluding tert-OH is 1. The minimum absolute atomic E-state index is 0.00292. The van der Waals surface area contributed by atoms with Crippen LogP contribution in [0.5, 0.6) is 0 Å². The molecule has 0 bridgehead atoms. The number of sulfonamides is 1. The third-order valence-corrected chi connectivity index (χ3v) is 9.62. The number of carboxylic acids is 1. The molecule has 3 amide bonds. The molecule has 2 heterocycles. The zero-order valence-corrected chi connectivity index (χ0v) is 27.4. The quantitative estimate of drug-likeness (QED) is 0.166. The number of aromatic nitrogens is 2. The average molecular weight is 674 g/mol. The average Bonchev–Trinajstić information content (AvgIpc) is 3.76. The summed E-state index contributed by atoms with van der Waals surface area (Å²) in [5, 5.41) is 27.0. The number of rotatable bonds is 13. The molecule has 48 heavy (non-hydrogen) atoms. The van der Waals surface area contributed by atoms with E-state index >= 15 is 0 Å². The first-order chi connectivity index (χ1) is 23.1. The first kappa shape index (κ1) is 34.3. The minimum atomic E-state index is -4.13. The smallest absolute Gasteiger partial charge is 0.334 e. The lowest BCUT2D eigenvalue weighted by molar-refractivity contribution is -0.148. The number of carboxylic acid groups (broad SMARTS) is 1. The molecule has 3 aromatic carbocycles. The maximum absolute atomic E-state index is 13.3. The van der Waals surface area contributed by atoms with Gasteiger partial charge >= 0.3 is 12.0 Å². The Hall–Kier alpha value is -5.01. The highest BCUT2D eigenvalue weighted by Crippen LogP contribution is 2.28. The molecule has 2 atom stereocenters. The molecule has 2 unspecified atom stereocenters. The van der Waals surface area contributed by atoms with Crippen LogP contribution in [0.3, 0.4) is 0 Å². The number of amides is 3. The monoisotopic (exact) mass is 673 g/mol. The standard InChI is InChI=1S/C35H39N5O7S/c1-2-10-27-22-30(33(42)36-29(32(41)34(43)44)21-24-11-4-3-5-12-24)37-40(27)23-25-15-17-26(18-16-25)28-13-6-7-14-31(28)48(46,47)38-35(45)39-19-8-9-20-39/h3-7,11-18,22,29,32,41H,2,8-10,19-21,23H2,1H3,(H,36,42)(H,38,45)(H,43,44). The summed E-state index contributed by atoms with van der Waals surface area (Å²) in [7, 11) is -4.13. The van der Waals surface area contributed by atoms with Crippen LogP contribution in [0.1, 0.15) is 53.5 Å². The van der Waals surface area contributed by atoms with Crippen LogP contribution >= 0.6 is 0 Å². The van der Waals surface area contributed by atoms with Crippen molar-refractivity contribution in [2.75, 3.05) is 13.1 Å². The fraction of sp³-hybridized carbons (Fsp3) is 0.314. The zero-order valence-electron chi connectivity index (χ0n) is 26.6. The number of nitrogens with one attached hydrogen (secondary N) is 2. The fourth-order valence-corrected chi connectivity index (χ4v) is 6.94. The van der Waals surface area contributed by atoms with Gasteiger partial charge in [0.25, 0.3) is 15.9 Å². The zero-order chi connectivity index (χ0) is 34.3. The van der Waals surface area contributed by atoms with Crippen molar-refractivity contribution in [1.82, 2.24) is 24.7 Å². The summed E-state index contributed by atoms with van der Waals surface area (Å²) >= 11 is 0. The Balaban J connectivity index is 1.33. The lowest BCUT2D eigenvalue weighted by Gasteiger charge is -2.21. The Kier molecular flexibility index (Phi) is 10.9. The normalized spacial score (nSPS) is 14.3. The summed E-state index contributed by atoms with van der Waals surface area (Å²) in [5.41, 5.74) is 3.59. The van der Waals surface area contributed by atoms with Gasteiger partial charge < -0.3 is 20.4 Å². The van der Waals surface area contributed by atoms with E-state index in [4.69, 9.17) is 0 Å². The van der Waals surface area contributed by atoms with Gasteiger partial charge in [0, 0.05) is 24.3 Å². The van der Waals surface area contributed by atoms with Crippen LogP contribution in [-0.4, -0.2) is 76.5 Å². The largest absolute Gasteiger partial charge is 0.479 e. The Labute approximate surface area is 279 Å². The lowest BCUT2D eigenvalue weighted by atomic mass is 10.0. The molecular weight excluding hydrogens is 634 g/mol. The lowest BCUT2D eigenvalue weighted by Crippen LogP contribution is -2.48. The molecule has 1 aliphatic heterocycles. The van der Waals surface area contributed by atoms with E-state index in [0.29, 0.717) is 37.2 Å². The number of carbonyl (C=O) groups excluding carboxylic acids is 2. The number of nitrogens with zero attached hydrogens (tertiary/aromatic N) is 3. The van der Waals surface area contributed by atoms with Crippen LogP contribution in [0.2, 0.25) is 0 Å². The molecule has 5 rings (SSSR count). The summed E-state index contributed by atoms with van der Waals surface area (Å²) in [6.45, 7) is 3.37. The maximum atomic E-state index is 13.3. The van der Waals surface area contributed by atoms with Gasteiger partial charge in [0.15, 0.2) is 6.10 Å². The van der Waals surface area contributed by atoms with Crippen molar-refractivity contribution in [3.8, 4) is 11.1 Å². The molecular formula is C35H39N5O7S. The third-order valence-electron chi connectivity index (χ3n) is 8.24. The molecule has 252 valence electrons. The van der Waals surface area contributed by atoms with Gasteiger partial charge in [-0.05, 0) is 54.5 Å². The number of likely N-dealkylation sites (tertiary alicyclic amines) is 1. The highest BCUT2D eigenvalue weighted by atomic mass is 32.2. The number of urea groups is 1. The maximum Gasteiger partial charge on any atom is 0.334 e. The molecule has 4 N–H and O–H groups in total. The molecule has 1 fully saturated rings. The van der Waals surface area contributed by atoms with Crippen LogP contribution in [0.15, 0.2) is 89.8 Å². The number of aryl methyl sites for hydroxylation is 1. The van der Waals surface area contributed by atoms with Crippen molar-refractivity contribution in [3.05, 3.63) is 107 Å². The highest BCUT2D eigenvalue weighted by Gasteiger charge is 2.29. The number of carbonyl (C=O) groups is 3. The number of benzene rings is 3. The van der Waals surface area contributed by atoms with Crippen LogP contribution in [0, 0.1) is 0 Å².